The molecule has 0 spiro atoms. The van der Waals surface area contributed by atoms with Crippen LogP contribution in [0.4, 0.5) is 0 Å². The molecule has 1 aromatic heterocycles. The first-order valence-electron chi connectivity index (χ1n) is 6.52. The summed E-state index contributed by atoms with van der Waals surface area (Å²) in [6.45, 7) is 8.02. The van der Waals surface area contributed by atoms with Gasteiger partial charge in [-0.25, -0.2) is 4.79 Å². The molecule has 1 rings (SSSR count). The maximum atomic E-state index is 11.9. The van der Waals surface area contributed by atoms with Crippen molar-refractivity contribution in [2.45, 2.75) is 59.2 Å². The van der Waals surface area contributed by atoms with E-state index in [0.29, 0.717) is 0 Å². The van der Waals surface area contributed by atoms with E-state index in [1.54, 1.807) is 17.0 Å². The standard InChI is InChI=1S/C13H23N3O2/c1-5-6-11(4)14-12(17)9-15-7-8-16(10(2)3)13(15)18/h7-8,10-11H,5-6,9H2,1-4H3,(H,14,17). The first-order valence-corrected chi connectivity index (χ1v) is 6.52. The van der Waals surface area contributed by atoms with E-state index in [1.165, 1.54) is 4.57 Å². The van der Waals surface area contributed by atoms with Gasteiger partial charge >= 0.3 is 5.69 Å². The fourth-order valence-electron chi connectivity index (χ4n) is 1.92. The first kappa shape index (κ1) is 14.5. The molecule has 0 fully saturated rings. The number of rotatable bonds is 6. The molecule has 102 valence electrons. The van der Waals surface area contributed by atoms with Crippen LogP contribution in [0.1, 0.15) is 46.6 Å². The zero-order chi connectivity index (χ0) is 13.7. The molecule has 1 N–H and O–H groups in total. The summed E-state index contributed by atoms with van der Waals surface area (Å²) >= 11 is 0. The molecule has 0 aromatic carbocycles. The lowest BCUT2D eigenvalue weighted by atomic mass is 10.2. The Morgan fingerprint density at radius 3 is 2.50 bits per heavy atom. The van der Waals surface area contributed by atoms with Gasteiger partial charge < -0.3 is 5.32 Å². The second-order valence-corrected chi connectivity index (χ2v) is 4.97. The Morgan fingerprint density at radius 1 is 1.33 bits per heavy atom. The second kappa shape index (κ2) is 6.42. The van der Waals surface area contributed by atoms with Gasteiger partial charge in [-0.1, -0.05) is 13.3 Å². The number of nitrogens with zero attached hydrogens (tertiary/aromatic N) is 2. The number of nitrogens with one attached hydrogen (secondary N) is 1. The maximum absolute atomic E-state index is 11.9. The summed E-state index contributed by atoms with van der Waals surface area (Å²) in [5.74, 6) is -0.112. The maximum Gasteiger partial charge on any atom is 0.328 e. The van der Waals surface area contributed by atoms with Gasteiger partial charge in [-0.05, 0) is 27.2 Å². The Balaban J connectivity index is 2.63. The predicted octanol–water partition coefficient (Wildman–Crippen LogP) is 1.54. The Morgan fingerprint density at radius 2 is 2.00 bits per heavy atom. The summed E-state index contributed by atoms with van der Waals surface area (Å²) in [5, 5.41) is 2.89. The van der Waals surface area contributed by atoms with Crippen molar-refractivity contribution in [2.24, 2.45) is 0 Å². The molecule has 1 amide bonds. The van der Waals surface area contributed by atoms with E-state index in [-0.39, 0.29) is 30.2 Å². The van der Waals surface area contributed by atoms with Crippen molar-refractivity contribution in [2.75, 3.05) is 0 Å². The number of aromatic nitrogens is 2. The third kappa shape index (κ3) is 3.75. The van der Waals surface area contributed by atoms with Crippen LogP contribution in [0, 0.1) is 0 Å². The summed E-state index contributed by atoms with van der Waals surface area (Å²) in [6.07, 6.45) is 5.36. The molecule has 0 bridgehead atoms. The van der Waals surface area contributed by atoms with Crippen molar-refractivity contribution in [1.82, 2.24) is 14.5 Å². The van der Waals surface area contributed by atoms with Crippen LogP contribution in [-0.2, 0) is 11.3 Å². The number of hydrogen-bond donors (Lipinski definition) is 1. The fraction of sp³-hybridized carbons (Fsp3) is 0.692. The van der Waals surface area contributed by atoms with Gasteiger partial charge in [0.1, 0.15) is 6.54 Å². The summed E-state index contributed by atoms with van der Waals surface area (Å²) in [5.41, 5.74) is -0.136. The molecular formula is C13H23N3O2. The number of hydrogen-bond acceptors (Lipinski definition) is 2. The van der Waals surface area contributed by atoms with Gasteiger partial charge in [0.25, 0.3) is 0 Å². The topological polar surface area (TPSA) is 56.0 Å². The normalized spacial score (nSPS) is 12.7. The molecule has 1 atom stereocenters. The Bertz CT molecular complexity index is 445. The van der Waals surface area contributed by atoms with Crippen LogP contribution in [0.3, 0.4) is 0 Å². The average molecular weight is 253 g/mol. The number of imidazole rings is 1. The van der Waals surface area contributed by atoms with Gasteiger partial charge in [0.05, 0.1) is 0 Å². The third-order valence-corrected chi connectivity index (χ3v) is 2.87. The minimum atomic E-state index is -0.136. The Hall–Kier alpha value is -1.52. The molecule has 1 heterocycles. The van der Waals surface area contributed by atoms with Crippen molar-refractivity contribution in [1.29, 1.82) is 0 Å². The molecule has 0 radical (unpaired) electrons. The smallest absolute Gasteiger partial charge is 0.328 e. The second-order valence-electron chi connectivity index (χ2n) is 4.97. The number of carbonyl (C=O) groups excluding carboxylic acids is 1. The predicted molar refractivity (Wildman–Crippen MR) is 71.6 cm³/mol. The highest BCUT2D eigenvalue weighted by Crippen LogP contribution is 1.99. The summed E-state index contributed by atoms with van der Waals surface area (Å²) in [7, 11) is 0. The van der Waals surface area contributed by atoms with E-state index < -0.39 is 0 Å². The van der Waals surface area contributed by atoms with Crippen LogP contribution in [0.25, 0.3) is 0 Å². The Labute approximate surface area is 108 Å². The molecule has 5 heteroatoms. The Kier molecular flexibility index (Phi) is 5.19. The van der Waals surface area contributed by atoms with Gasteiger partial charge in [0.2, 0.25) is 5.91 Å². The fourth-order valence-corrected chi connectivity index (χ4v) is 1.92. The highest BCUT2D eigenvalue weighted by molar-refractivity contribution is 5.75. The minimum absolute atomic E-state index is 0.0899. The highest BCUT2D eigenvalue weighted by atomic mass is 16.2. The lowest BCUT2D eigenvalue weighted by molar-refractivity contribution is -0.122. The minimum Gasteiger partial charge on any atom is -0.352 e. The molecule has 0 aliphatic carbocycles. The van der Waals surface area contributed by atoms with Gasteiger partial charge in [0.15, 0.2) is 0 Å². The molecule has 0 aliphatic rings. The average Bonchev–Trinajstić information content (AvgIpc) is 2.60. The lowest BCUT2D eigenvalue weighted by Gasteiger charge is -2.12. The van der Waals surface area contributed by atoms with E-state index in [9.17, 15) is 9.59 Å². The van der Waals surface area contributed by atoms with E-state index in [4.69, 9.17) is 0 Å². The zero-order valence-electron chi connectivity index (χ0n) is 11.6. The zero-order valence-corrected chi connectivity index (χ0v) is 11.6. The van der Waals surface area contributed by atoms with Crippen molar-refractivity contribution in [3.8, 4) is 0 Å². The first-order chi connectivity index (χ1) is 8.45. The molecular weight excluding hydrogens is 230 g/mol. The molecule has 18 heavy (non-hydrogen) atoms. The summed E-state index contributed by atoms with van der Waals surface area (Å²) in [6, 6.07) is 0.270. The monoisotopic (exact) mass is 253 g/mol. The number of carbonyl (C=O) groups is 1. The highest BCUT2D eigenvalue weighted by Gasteiger charge is 2.11. The van der Waals surface area contributed by atoms with Crippen LogP contribution < -0.4 is 11.0 Å². The summed E-state index contributed by atoms with van der Waals surface area (Å²) in [4.78, 5) is 23.7. The molecule has 1 unspecified atom stereocenters. The van der Waals surface area contributed by atoms with Crippen molar-refractivity contribution >= 4 is 5.91 Å². The molecule has 0 aliphatic heterocycles. The van der Waals surface area contributed by atoms with Gasteiger partial charge in [0, 0.05) is 24.5 Å². The lowest BCUT2D eigenvalue weighted by Crippen LogP contribution is -2.37. The van der Waals surface area contributed by atoms with Crippen molar-refractivity contribution in [3.05, 3.63) is 22.9 Å². The van der Waals surface area contributed by atoms with Crippen molar-refractivity contribution < 1.29 is 4.79 Å². The molecule has 0 saturated carbocycles. The van der Waals surface area contributed by atoms with Crippen LogP contribution in [0.2, 0.25) is 0 Å². The SMILES string of the molecule is CCCC(C)NC(=O)Cn1ccn(C(C)C)c1=O. The van der Waals surface area contributed by atoms with Crippen molar-refractivity contribution in [3.63, 3.8) is 0 Å². The van der Waals surface area contributed by atoms with Crippen LogP contribution in [-0.4, -0.2) is 21.1 Å². The van der Waals surface area contributed by atoms with Gasteiger partial charge in [-0.3, -0.25) is 13.9 Å². The largest absolute Gasteiger partial charge is 0.352 e. The van der Waals surface area contributed by atoms with Crippen LogP contribution in [0.15, 0.2) is 17.2 Å². The third-order valence-electron chi connectivity index (χ3n) is 2.87. The van der Waals surface area contributed by atoms with Gasteiger partial charge in [-0.15, -0.1) is 0 Å². The molecule has 1 aromatic rings. The van der Waals surface area contributed by atoms with Crippen LogP contribution in [0.5, 0.6) is 0 Å². The van der Waals surface area contributed by atoms with E-state index in [2.05, 4.69) is 12.2 Å². The van der Waals surface area contributed by atoms with Crippen LogP contribution >= 0.6 is 0 Å². The van der Waals surface area contributed by atoms with Gasteiger partial charge in [-0.2, -0.15) is 0 Å². The molecule has 0 saturated heterocycles. The summed E-state index contributed by atoms with van der Waals surface area (Å²) < 4.78 is 3.05. The van der Waals surface area contributed by atoms with E-state index in [1.807, 2.05) is 20.8 Å². The molecule has 5 nitrogen and oxygen atoms in total. The quantitative estimate of drug-likeness (QED) is 0.836. The van der Waals surface area contributed by atoms with E-state index >= 15 is 0 Å². The van der Waals surface area contributed by atoms with E-state index in [0.717, 1.165) is 12.8 Å². The number of amides is 1.